The second-order valence-corrected chi connectivity index (χ2v) is 20.7. The molecule has 2 N–H and O–H groups in total. The molecule has 0 saturated heterocycles. The van der Waals surface area contributed by atoms with Crippen LogP contribution in [-0.2, 0) is 20.4 Å². The average Bonchev–Trinajstić information content (AvgIpc) is 3.24. The van der Waals surface area contributed by atoms with E-state index in [2.05, 4.69) is 115 Å². The van der Waals surface area contributed by atoms with Crippen LogP contribution in [0.1, 0.15) is 154 Å². The molecule has 368 valence electrons. The summed E-state index contributed by atoms with van der Waals surface area (Å²) in [6.07, 6.45) is 17.9. The van der Waals surface area contributed by atoms with Crippen LogP contribution >= 0.6 is 0 Å². The van der Waals surface area contributed by atoms with Gasteiger partial charge in [-0.1, -0.05) is 140 Å². The van der Waals surface area contributed by atoms with Crippen LogP contribution in [-0.4, -0.2) is 140 Å². The van der Waals surface area contributed by atoms with E-state index in [0.29, 0.717) is 57.8 Å². The van der Waals surface area contributed by atoms with Crippen molar-refractivity contribution in [2.75, 3.05) is 109 Å². The lowest BCUT2D eigenvalue weighted by atomic mass is 9.70. The summed E-state index contributed by atoms with van der Waals surface area (Å²) in [6, 6.07) is 21.4. The average molecular weight is 897 g/mol. The minimum absolute atomic E-state index is 0.0256. The summed E-state index contributed by atoms with van der Waals surface area (Å²) in [6.45, 7) is 15.0. The lowest BCUT2D eigenvalue weighted by Crippen LogP contribution is -3.05. The second kappa shape index (κ2) is 31.9. The fraction of sp³-hybridized carbons (Fsp3) is 0.741. The van der Waals surface area contributed by atoms with Crippen LogP contribution in [0.4, 0.5) is 0 Å². The Morgan fingerprint density at radius 2 is 0.766 bits per heavy atom. The summed E-state index contributed by atoms with van der Waals surface area (Å²) < 4.78 is -0.707. The first-order valence-electron chi connectivity index (χ1n) is 25.6. The number of carbonyl (C=O) groups is 2. The maximum Gasteiger partial charge on any atom is 0.223 e. The van der Waals surface area contributed by atoms with Gasteiger partial charge in [0.2, 0.25) is 11.8 Å². The number of carbonyl (C=O) groups excluding carboxylic acids is 2. The summed E-state index contributed by atoms with van der Waals surface area (Å²) in [5, 5.41) is 24.1. The van der Waals surface area contributed by atoms with E-state index in [0.717, 1.165) is 90.4 Å². The highest BCUT2D eigenvalue weighted by Gasteiger charge is 2.36. The number of hydrogen-bond acceptors (Lipinski definition) is 4. The molecule has 2 aromatic carbocycles. The minimum atomic E-state index is -0.354. The summed E-state index contributed by atoms with van der Waals surface area (Å²) >= 11 is 0. The van der Waals surface area contributed by atoms with Gasteiger partial charge in [-0.2, -0.15) is 0 Å². The lowest BCUT2D eigenvalue weighted by molar-refractivity contribution is -0.858. The topological polar surface area (TPSA) is 95.6 Å². The summed E-state index contributed by atoms with van der Waals surface area (Å²) in [7, 11) is 15.3. The van der Waals surface area contributed by atoms with Gasteiger partial charge in [-0.25, -0.2) is 0 Å². The van der Waals surface area contributed by atoms with E-state index in [9.17, 15) is 20.0 Å². The summed E-state index contributed by atoms with van der Waals surface area (Å²) in [4.78, 5) is 34.5. The molecular weight excluding hydrogens is 797 g/mol. The smallest absolute Gasteiger partial charge is 0.223 e. The van der Waals surface area contributed by atoms with E-state index in [-0.39, 0.29) is 26.0 Å². The summed E-state index contributed by atoms with van der Waals surface area (Å²) in [5.41, 5.74) is 2.43. The van der Waals surface area contributed by atoms with E-state index >= 15 is 0 Å². The van der Waals surface area contributed by atoms with Gasteiger partial charge in [0.1, 0.15) is 0 Å². The van der Waals surface area contributed by atoms with Crippen molar-refractivity contribution in [1.29, 1.82) is 0 Å². The first kappa shape index (κ1) is 59.2. The van der Waals surface area contributed by atoms with E-state index < -0.39 is 0 Å². The highest BCUT2D eigenvalue weighted by atomic mass is 16.5. The zero-order valence-corrected chi connectivity index (χ0v) is 43.6. The Labute approximate surface area is 394 Å². The maximum absolute atomic E-state index is 13.7. The number of unbranched alkanes of at least 4 members (excludes halogenated alkanes) is 4. The molecule has 0 atom stereocenters. The van der Waals surface area contributed by atoms with Gasteiger partial charge in [0.15, 0.2) is 0 Å². The van der Waals surface area contributed by atoms with E-state index in [4.69, 9.17) is 0 Å². The van der Waals surface area contributed by atoms with Gasteiger partial charge in [0, 0.05) is 75.5 Å². The van der Waals surface area contributed by atoms with Crippen LogP contribution in [0.25, 0.3) is 0 Å². The molecule has 0 saturated carbocycles. The molecule has 10 nitrogen and oxygen atoms in total. The van der Waals surface area contributed by atoms with E-state index in [1.54, 1.807) is 28.2 Å². The van der Waals surface area contributed by atoms with Crippen LogP contribution in [0, 0.1) is 10.4 Å². The molecule has 2 aromatic rings. The molecule has 10 heteroatoms. The molecule has 0 heterocycles. The van der Waals surface area contributed by atoms with Crippen molar-refractivity contribution in [2.45, 2.75) is 154 Å². The number of benzene rings is 2. The molecule has 0 fully saturated rings. The standard InChI is InChI=1S/C27H49N3O3.C27H49N3O/c1-7-9-18-27(19-10-8-2,25-16-12-11-13-17-25)24-26(31)28(20-14-22-29(3,4)32)21-15-23-30(5,6)33;1-7-9-18-27(19-10-8-2,25-16-12-11-13-17-25)24-26(31)30(22-14-20-28(3)4)23-15-21-29(5)6/h11-13,16-17H,7-10,14-15,18-24H2,1-6H3;11-13,16-17H,7-10,14-15,18-24H2,1-6H3/p+2. The highest BCUT2D eigenvalue weighted by Crippen LogP contribution is 2.40. The molecule has 0 spiro atoms. The molecule has 0 aliphatic carbocycles. The Kier molecular flexibility index (Phi) is 29.5. The number of amides is 2. The van der Waals surface area contributed by atoms with Gasteiger partial charge in [-0.3, -0.25) is 9.59 Å². The van der Waals surface area contributed by atoms with E-state index in [1.165, 1.54) is 46.6 Å². The molecule has 2 amide bonds. The SMILES string of the molecule is CCCCC(CCCC)(CC(=O)N(CCC[N+](C)(C)[O-])CCC[N+](C)(C)[O-])c1ccccc1.CCCCC(CCCC)(CC(=O)N(CCC[NH+](C)C)CCC[NH+](C)C)c1ccccc1. The molecule has 0 aliphatic rings. The first-order chi connectivity index (χ1) is 30.3. The number of hydroxylamine groups is 6. The van der Waals surface area contributed by atoms with Crippen molar-refractivity contribution < 1.29 is 28.7 Å². The van der Waals surface area contributed by atoms with Crippen LogP contribution < -0.4 is 9.80 Å². The Hall–Kier alpha value is -2.86. The number of rotatable bonds is 34. The van der Waals surface area contributed by atoms with Gasteiger partial charge in [0.25, 0.3) is 0 Å². The monoisotopic (exact) mass is 897 g/mol. The molecule has 0 aliphatic heterocycles. The van der Waals surface area contributed by atoms with Crippen LogP contribution in [0.3, 0.4) is 0 Å². The lowest BCUT2D eigenvalue weighted by Gasteiger charge is -2.38. The second-order valence-electron chi connectivity index (χ2n) is 20.7. The third kappa shape index (κ3) is 25.2. The largest absolute Gasteiger partial charge is 0.633 e. The molecule has 64 heavy (non-hydrogen) atoms. The molecule has 0 radical (unpaired) electrons. The van der Waals surface area contributed by atoms with E-state index in [1.807, 2.05) is 11.0 Å². The quantitative estimate of drug-likeness (QED) is 0.0550. The highest BCUT2D eigenvalue weighted by molar-refractivity contribution is 5.78. The van der Waals surface area contributed by atoms with Crippen LogP contribution in [0.5, 0.6) is 0 Å². The molecule has 0 unspecified atom stereocenters. The molecule has 0 aromatic heterocycles. The fourth-order valence-electron chi connectivity index (χ4n) is 9.09. The Balaban J connectivity index is 0.000000641. The van der Waals surface area contributed by atoms with Crippen molar-refractivity contribution in [3.63, 3.8) is 0 Å². The van der Waals surface area contributed by atoms with Gasteiger partial charge in [0.05, 0.1) is 82.6 Å². The Bertz CT molecular complexity index is 1420. The predicted octanol–water partition coefficient (Wildman–Crippen LogP) is 8.04. The Morgan fingerprint density at radius 3 is 1.02 bits per heavy atom. The van der Waals surface area contributed by atoms with Crippen molar-refractivity contribution >= 4 is 11.8 Å². The normalized spacial score (nSPS) is 12.4. The van der Waals surface area contributed by atoms with Crippen molar-refractivity contribution in [1.82, 2.24) is 9.80 Å². The molecule has 0 bridgehead atoms. The van der Waals surface area contributed by atoms with Gasteiger partial charge >= 0.3 is 0 Å². The van der Waals surface area contributed by atoms with Crippen molar-refractivity contribution in [3.8, 4) is 0 Å². The summed E-state index contributed by atoms with van der Waals surface area (Å²) in [5.74, 6) is 0.511. The third-order valence-corrected chi connectivity index (χ3v) is 13.0. The fourth-order valence-corrected chi connectivity index (χ4v) is 9.09. The predicted molar refractivity (Wildman–Crippen MR) is 271 cm³/mol. The van der Waals surface area contributed by atoms with Crippen LogP contribution in [0.2, 0.25) is 0 Å². The minimum Gasteiger partial charge on any atom is -0.633 e. The number of nitrogens with zero attached hydrogens (tertiary/aromatic N) is 4. The number of quaternary nitrogens is 4. The first-order valence-corrected chi connectivity index (χ1v) is 25.6. The zero-order valence-electron chi connectivity index (χ0n) is 43.6. The Morgan fingerprint density at radius 1 is 0.484 bits per heavy atom. The third-order valence-electron chi connectivity index (χ3n) is 13.0. The van der Waals surface area contributed by atoms with Crippen LogP contribution in [0.15, 0.2) is 60.7 Å². The van der Waals surface area contributed by atoms with Crippen molar-refractivity contribution in [3.05, 3.63) is 82.2 Å². The zero-order chi connectivity index (χ0) is 48.1. The van der Waals surface area contributed by atoms with Gasteiger partial charge < -0.3 is 39.3 Å². The van der Waals surface area contributed by atoms with Gasteiger partial charge in [-0.05, 0) is 36.8 Å². The van der Waals surface area contributed by atoms with Crippen molar-refractivity contribution in [2.24, 2.45) is 0 Å². The number of hydrogen-bond donors (Lipinski definition) is 2. The molecule has 2 rings (SSSR count). The van der Waals surface area contributed by atoms with Gasteiger partial charge in [-0.15, -0.1) is 0 Å². The maximum atomic E-state index is 13.7. The number of nitrogens with one attached hydrogen (secondary N) is 2. The molecular formula is C54H100N6O4+2.